The van der Waals surface area contributed by atoms with Crippen LogP contribution in [0, 0.1) is 0 Å². The van der Waals surface area contributed by atoms with Gasteiger partial charge in [-0.1, -0.05) is 0 Å². The Bertz CT molecular complexity index is 291. The third-order valence-corrected chi connectivity index (χ3v) is 2.66. The van der Waals surface area contributed by atoms with Crippen LogP contribution in [-0.4, -0.2) is 28.8 Å². The summed E-state index contributed by atoms with van der Waals surface area (Å²) in [7, 11) is 2.02. The van der Waals surface area contributed by atoms with E-state index in [9.17, 15) is 0 Å². The molecule has 4 heteroatoms. The summed E-state index contributed by atoms with van der Waals surface area (Å²) in [4.78, 5) is 4.32. The highest BCUT2D eigenvalue weighted by molar-refractivity contribution is 4.98. The average molecular weight is 195 g/mol. The third kappa shape index (κ3) is 1.96. The molecule has 1 aliphatic heterocycles. The molecule has 0 radical (unpaired) electrons. The van der Waals surface area contributed by atoms with E-state index in [1.54, 1.807) is 0 Å². The van der Waals surface area contributed by atoms with Gasteiger partial charge >= 0.3 is 0 Å². The molecule has 1 aromatic heterocycles. The maximum Gasteiger partial charge on any atom is 0.125 e. The van der Waals surface area contributed by atoms with Gasteiger partial charge in [0.2, 0.25) is 0 Å². The van der Waals surface area contributed by atoms with E-state index in [1.165, 1.54) is 0 Å². The number of rotatable bonds is 3. The lowest BCUT2D eigenvalue weighted by atomic mass is 10.2. The van der Waals surface area contributed by atoms with Gasteiger partial charge < -0.3 is 14.6 Å². The van der Waals surface area contributed by atoms with Crippen molar-refractivity contribution in [1.82, 2.24) is 14.9 Å². The zero-order chi connectivity index (χ0) is 9.97. The molecular weight excluding hydrogens is 178 g/mol. The van der Waals surface area contributed by atoms with Crippen LogP contribution in [0.5, 0.6) is 0 Å². The molecule has 0 aromatic carbocycles. The van der Waals surface area contributed by atoms with E-state index in [0.29, 0.717) is 12.1 Å². The lowest BCUT2D eigenvalue weighted by molar-refractivity contribution is 0.188. The van der Waals surface area contributed by atoms with E-state index in [0.717, 1.165) is 25.5 Å². The molecule has 0 saturated carbocycles. The van der Waals surface area contributed by atoms with Crippen LogP contribution < -0.4 is 5.32 Å². The first kappa shape index (κ1) is 9.68. The van der Waals surface area contributed by atoms with Crippen molar-refractivity contribution < 1.29 is 4.74 Å². The lowest BCUT2D eigenvalue weighted by Gasteiger charge is -2.17. The quantitative estimate of drug-likeness (QED) is 0.777. The van der Waals surface area contributed by atoms with Gasteiger partial charge in [-0.3, -0.25) is 0 Å². The van der Waals surface area contributed by atoms with Crippen molar-refractivity contribution in [2.45, 2.75) is 25.4 Å². The van der Waals surface area contributed by atoms with Gasteiger partial charge in [0.25, 0.3) is 0 Å². The predicted octanol–water partition coefficient (Wildman–Crippen LogP) is 0.860. The summed E-state index contributed by atoms with van der Waals surface area (Å²) in [6.07, 6.45) is 4.91. The SMILES string of the molecule is CC(NC1CCOC1)c1nccn1C. The summed E-state index contributed by atoms with van der Waals surface area (Å²) in [6, 6.07) is 0.781. The molecule has 1 aliphatic rings. The number of nitrogens with one attached hydrogen (secondary N) is 1. The van der Waals surface area contributed by atoms with Crippen LogP contribution in [0.25, 0.3) is 0 Å². The Labute approximate surface area is 84.3 Å². The minimum Gasteiger partial charge on any atom is -0.380 e. The second-order valence-corrected chi connectivity index (χ2v) is 3.85. The van der Waals surface area contributed by atoms with E-state index < -0.39 is 0 Å². The lowest BCUT2D eigenvalue weighted by Crippen LogP contribution is -2.32. The Morgan fingerprint density at radius 2 is 2.57 bits per heavy atom. The third-order valence-electron chi connectivity index (χ3n) is 2.66. The molecule has 0 amide bonds. The molecule has 4 nitrogen and oxygen atoms in total. The van der Waals surface area contributed by atoms with Gasteiger partial charge in [-0.05, 0) is 13.3 Å². The Balaban J connectivity index is 1.95. The summed E-state index contributed by atoms with van der Waals surface area (Å²) < 4.78 is 7.36. The van der Waals surface area contributed by atoms with Crippen molar-refractivity contribution in [1.29, 1.82) is 0 Å². The Hall–Kier alpha value is -0.870. The zero-order valence-electron chi connectivity index (χ0n) is 8.73. The topological polar surface area (TPSA) is 39.1 Å². The van der Waals surface area contributed by atoms with Gasteiger partial charge in [0.1, 0.15) is 5.82 Å². The Morgan fingerprint density at radius 1 is 1.71 bits per heavy atom. The number of hydrogen-bond donors (Lipinski definition) is 1. The van der Waals surface area contributed by atoms with E-state index >= 15 is 0 Å². The normalized spacial score (nSPS) is 24.0. The molecular formula is C10H17N3O. The van der Waals surface area contributed by atoms with E-state index in [4.69, 9.17) is 4.74 Å². The summed E-state index contributed by atoms with van der Waals surface area (Å²) in [5.41, 5.74) is 0. The van der Waals surface area contributed by atoms with Crippen molar-refractivity contribution in [2.24, 2.45) is 7.05 Å². The number of hydrogen-bond acceptors (Lipinski definition) is 3. The maximum atomic E-state index is 5.32. The van der Waals surface area contributed by atoms with Gasteiger partial charge in [-0.25, -0.2) is 4.98 Å². The van der Waals surface area contributed by atoms with Crippen LogP contribution in [-0.2, 0) is 11.8 Å². The van der Waals surface area contributed by atoms with Crippen molar-refractivity contribution in [2.75, 3.05) is 13.2 Å². The van der Waals surface area contributed by atoms with Crippen LogP contribution in [0.15, 0.2) is 12.4 Å². The number of ether oxygens (including phenoxy) is 1. The van der Waals surface area contributed by atoms with Crippen molar-refractivity contribution in [3.8, 4) is 0 Å². The summed E-state index contributed by atoms with van der Waals surface area (Å²) in [5.74, 6) is 1.08. The molecule has 1 saturated heterocycles. The molecule has 0 spiro atoms. The van der Waals surface area contributed by atoms with E-state index in [2.05, 4.69) is 17.2 Å². The molecule has 2 atom stereocenters. The van der Waals surface area contributed by atoms with Gasteiger partial charge in [-0.15, -0.1) is 0 Å². The first-order valence-corrected chi connectivity index (χ1v) is 5.08. The monoisotopic (exact) mass is 195 g/mol. The predicted molar refractivity (Wildman–Crippen MR) is 54.0 cm³/mol. The minimum atomic E-state index is 0.293. The first-order valence-electron chi connectivity index (χ1n) is 5.08. The Kier molecular flexibility index (Phi) is 2.84. The first-order chi connectivity index (χ1) is 6.77. The number of aromatic nitrogens is 2. The van der Waals surface area contributed by atoms with Crippen molar-refractivity contribution in [3.05, 3.63) is 18.2 Å². The highest BCUT2D eigenvalue weighted by Crippen LogP contribution is 2.13. The molecule has 78 valence electrons. The highest BCUT2D eigenvalue weighted by atomic mass is 16.5. The number of nitrogens with zero attached hydrogens (tertiary/aromatic N) is 2. The van der Waals surface area contributed by atoms with Crippen molar-refractivity contribution in [3.63, 3.8) is 0 Å². The number of aryl methyl sites for hydroxylation is 1. The van der Waals surface area contributed by atoms with Gasteiger partial charge in [0.05, 0.1) is 12.6 Å². The van der Waals surface area contributed by atoms with Gasteiger partial charge in [0.15, 0.2) is 0 Å². The molecule has 1 fully saturated rings. The summed E-state index contributed by atoms with van der Waals surface area (Å²) in [6.45, 7) is 3.85. The zero-order valence-corrected chi connectivity index (χ0v) is 8.73. The average Bonchev–Trinajstić information content (AvgIpc) is 2.75. The fourth-order valence-corrected chi connectivity index (χ4v) is 1.89. The molecule has 0 bridgehead atoms. The van der Waals surface area contributed by atoms with Crippen LogP contribution in [0.3, 0.4) is 0 Å². The molecule has 14 heavy (non-hydrogen) atoms. The number of imidazole rings is 1. The van der Waals surface area contributed by atoms with Gasteiger partial charge in [-0.2, -0.15) is 0 Å². The van der Waals surface area contributed by atoms with Crippen LogP contribution in [0.1, 0.15) is 25.2 Å². The standard InChI is InChI=1S/C10H17N3O/c1-8(10-11-4-5-13(10)2)12-9-3-6-14-7-9/h4-5,8-9,12H,3,6-7H2,1-2H3. The molecule has 1 aromatic rings. The Morgan fingerprint density at radius 3 is 3.14 bits per heavy atom. The molecule has 0 aliphatic carbocycles. The fourth-order valence-electron chi connectivity index (χ4n) is 1.89. The smallest absolute Gasteiger partial charge is 0.125 e. The second kappa shape index (κ2) is 4.11. The van der Waals surface area contributed by atoms with Crippen LogP contribution >= 0.6 is 0 Å². The maximum absolute atomic E-state index is 5.32. The second-order valence-electron chi connectivity index (χ2n) is 3.85. The van der Waals surface area contributed by atoms with Crippen molar-refractivity contribution >= 4 is 0 Å². The minimum absolute atomic E-state index is 0.293. The summed E-state index contributed by atoms with van der Waals surface area (Å²) in [5, 5.41) is 3.51. The van der Waals surface area contributed by atoms with E-state index in [1.807, 2.05) is 24.0 Å². The fraction of sp³-hybridized carbons (Fsp3) is 0.700. The molecule has 2 rings (SSSR count). The van der Waals surface area contributed by atoms with Gasteiger partial charge in [0, 0.05) is 32.1 Å². The largest absolute Gasteiger partial charge is 0.380 e. The highest BCUT2D eigenvalue weighted by Gasteiger charge is 2.19. The van der Waals surface area contributed by atoms with E-state index in [-0.39, 0.29) is 0 Å². The molecule has 2 heterocycles. The molecule has 2 unspecified atom stereocenters. The summed E-state index contributed by atoms with van der Waals surface area (Å²) >= 11 is 0. The molecule has 1 N–H and O–H groups in total. The van der Waals surface area contributed by atoms with Crippen LogP contribution in [0.2, 0.25) is 0 Å². The van der Waals surface area contributed by atoms with Crippen LogP contribution in [0.4, 0.5) is 0 Å².